The van der Waals surface area contributed by atoms with E-state index in [9.17, 15) is 5.26 Å². The topological polar surface area (TPSA) is 64.0 Å². The molecule has 6 aromatic carbocycles. The van der Waals surface area contributed by atoms with Gasteiger partial charge in [0.1, 0.15) is 16.8 Å². The van der Waals surface area contributed by atoms with Gasteiger partial charge in [0.25, 0.3) is 0 Å². The van der Waals surface area contributed by atoms with Crippen molar-refractivity contribution in [1.29, 1.82) is 5.26 Å². The van der Waals surface area contributed by atoms with Crippen molar-refractivity contribution in [2.45, 2.75) is 0 Å². The number of rotatable bonds is 3. The van der Waals surface area contributed by atoms with Gasteiger partial charge in [-0.05, 0) is 96.1 Å². The molecule has 4 heterocycles. The summed E-state index contributed by atoms with van der Waals surface area (Å²) >= 11 is 0. The maximum Gasteiger partial charge on any atom is 0.189 e. The molecular weight excluding hydrogens is 603 g/mol. The number of aromatic nitrogens is 3. The molecule has 0 aliphatic heterocycles. The average Bonchev–Trinajstić information content (AvgIpc) is 3.82. The molecule has 0 aliphatic rings. The molecule has 0 aliphatic carbocycles. The molecule has 10 aromatic rings. The molecule has 0 saturated carbocycles. The summed E-state index contributed by atoms with van der Waals surface area (Å²) in [4.78, 5) is 8.77. The molecule has 0 bridgehead atoms. The lowest BCUT2D eigenvalue weighted by Gasteiger charge is -2.13. The Kier molecular flexibility index (Phi) is 5.61. The molecule has 0 unspecified atom stereocenters. The van der Waals surface area contributed by atoms with E-state index in [1.54, 1.807) is 0 Å². The average molecular weight is 626 g/mol. The van der Waals surface area contributed by atoms with E-state index in [4.69, 9.17) is 16.0 Å². The van der Waals surface area contributed by atoms with Crippen LogP contribution >= 0.6 is 0 Å². The van der Waals surface area contributed by atoms with Gasteiger partial charge in [-0.1, -0.05) is 48.5 Å². The molecule has 10 rings (SSSR count). The van der Waals surface area contributed by atoms with Gasteiger partial charge in [-0.25, -0.2) is 9.83 Å². The first kappa shape index (κ1) is 27.0. The zero-order valence-electron chi connectivity index (χ0n) is 25.9. The first-order valence-electron chi connectivity index (χ1n) is 16.0. The van der Waals surface area contributed by atoms with Gasteiger partial charge in [-0.2, -0.15) is 5.26 Å². The number of para-hydroxylation sites is 2. The minimum absolute atomic E-state index is 0.547. The number of hydrogen-bond donors (Lipinski definition) is 0. The van der Waals surface area contributed by atoms with Crippen molar-refractivity contribution in [3.05, 3.63) is 157 Å². The first-order valence-corrected chi connectivity index (χ1v) is 16.0. The first-order chi connectivity index (χ1) is 24.2. The molecule has 0 amide bonds. The normalized spacial score (nSPS) is 11.6. The molecule has 4 aromatic heterocycles. The van der Waals surface area contributed by atoms with Crippen LogP contribution in [0.2, 0.25) is 0 Å². The number of pyridine rings is 1. The summed E-state index contributed by atoms with van der Waals surface area (Å²) in [5.74, 6) is 0. The Balaban J connectivity index is 1.20. The second kappa shape index (κ2) is 10.2. The molecular formula is C43H23N5O. The van der Waals surface area contributed by atoms with E-state index in [0.29, 0.717) is 11.3 Å². The highest BCUT2D eigenvalue weighted by Gasteiger charge is 2.20. The summed E-state index contributed by atoms with van der Waals surface area (Å²) in [5, 5.41) is 16.0. The lowest BCUT2D eigenvalue weighted by molar-refractivity contribution is 0.669. The Bertz CT molecular complexity index is 3090. The molecule has 6 heteroatoms. The van der Waals surface area contributed by atoms with Crippen LogP contribution < -0.4 is 0 Å². The Labute approximate surface area is 279 Å². The Morgan fingerprint density at radius 1 is 0.592 bits per heavy atom. The highest BCUT2D eigenvalue weighted by atomic mass is 16.3. The molecule has 0 N–H and O–H groups in total. The third kappa shape index (κ3) is 3.89. The van der Waals surface area contributed by atoms with Crippen LogP contribution in [-0.2, 0) is 0 Å². The van der Waals surface area contributed by atoms with Gasteiger partial charge in [-0.3, -0.25) is 4.57 Å². The fourth-order valence-corrected chi connectivity index (χ4v) is 7.51. The number of furan rings is 1. The van der Waals surface area contributed by atoms with Crippen LogP contribution in [0.4, 0.5) is 5.69 Å². The quantitative estimate of drug-likeness (QED) is 0.184. The van der Waals surface area contributed by atoms with E-state index >= 15 is 0 Å². The Morgan fingerprint density at radius 2 is 1.39 bits per heavy atom. The van der Waals surface area contributed by atoms with Crippen molar-refractivity contribution >= 4 is 71.4 Å². The second-order valence-electron chi connectivity index (χ2n) is 12.2. The number of fused-ring (bicyclic) bond motifs is 10. The van der Waals surface area contributed by atoms with Gasteiger partial charge in [0.05, 0.1) is 34.8 Å². The predicted octanol–water partition coefficient (Wildman–Crippen LogP) is 11.3. The van der Waals surface area contributed by atoms with Gasteiger partial charge >= 0.3 is 0 Å². The van der Waals surface area contributed by atoms with Crippen LogP contribution in [0.3, 0.4) is 0 Å². The summed E-state index contributed by atoms with van der Waals surface area (Å²) in [6.07, 6.45) is 1.84. The maximum absolute atomic E-state index is 9.61. The van der Waals surface area contributed by atoms with Crippen molar-refractivity contribution in [2.75, 3.05) is 0 Å². The van der Waals surface area contributed by atoms with Crippen LogP contribution in [0.1, 0.15) is 5.56 Å². The SMILES string of the molecule is [C-]#[N+]c1cc(-c2cccc(-n3c4ccc5oc6ccccc6c5c4c4cccnc43)c2)cc(-n2c3ccccc3c3cc(C#N)ccc32)c1. The smallest absolute Gasteiger partial charge is 0.189 e. The molecule has 0 saturated heterocycles. The highest BCUT2D eigenvalue weighted by Crippen LogP contribution is 2.41. The van der Waals surface area contributed by atoms with Crippen LogP contribution in [0.15, 0.2) is 144 Å². The molecule has 6 nitrogen and oxygen atoms in total. The zero-order chi connectivity index (χ0) is 32.6. The number of nitrogens with zero attached hydrogens (tertiary/aromatic N) is 5. The van der Waals surface area contributed by atoms with Crippen LogP contribution in [0.5, 0.6) is 0 Å². The van der Waals surface area contributed by atoms with Gasteiger partial charge in [0.2, 0.25) is 0 Å². The molecule has 0 atom stereocenters. The lowest BCUT2D eigenvalue weighted by Crippen LogP contribution is -1.97. The molecule has 49 heavy (non-hydrogen) atoms. The maximum atomic E-state index is 9.61. The van der Waals surface area contributed by atoms with Crippen LogP contribution in [-0.4, -0.2) is 14.1 Å². The third-order valence-corrected chi connectivity index (χ3v) is 9.56. The van der Waals surface area contributed by atoms with E-state index in [0.717, 1.165) is 88.2 Å². The van der Waals surface area contributed by atoms with Crippen molar-refractivity contribution < 1.29 is 4.42 Å². The lowest BCUT2D eigenvalue weighted by atomic mass is 10.0. The van der Waals surface area contributed by atoms with E-state index in [2.05, 4.69) is 80.7 Å². The standard InChI is InChI=1S/C43H23N5O/c1-45-29-21-28(23-31(24-29)47-36-13-4-2-10-32(36)35-20-26(25-44)15-16-37(35)47)27-8-6-9-30(22-27)48-38-17-18-40-42(33-11-3-5-14-39(33)49-40)41(38)34-12-7-19-46-43(34)48/h2-24H. The number of nitriles is 1. The van der Waals surface area contributed by atoms with Gasteiger partial charge in [-0.15, -0.1) is 0 Å². The van der Waals surface area contributed by atoms with Crippen molar-refractivity contribution in [2.24, 2.45) is 0 Å². The van der Waals surface area contributed by atoms with Crippen molar-refractivity contribution in [1.82, 2.24) is 14.1 Å². The van der Waals surface area contributed by atoms with E-state index in [1.165, 1.54) is 0 Å². The third-order valence-electron chi connectivity index (χ3n) is 9.56. The Hall–Kier alpha value is -7.15. The Morgan fingerprint density at radius 3 is 2.29 bits per heavy atom. The molecule has 0 fully saturated rings. The highest BCUT2D eigenvalue weighted by molar-refractivity contribution is 6.27. The zero-order valence-corrected chi connectivity index (χ0v) is 25.9. The molecule has 0 radical (unpaired) electrons. The molecule has 0 spiro atoms. The van der Waals surface area contributed by atoms with Gasteiger partial charge in [0.15, 0.2) is 5.69 Å². The fraction of sp³-hybridized carbons (Fsp3) is 0. The van der Waals surface area contributed by atoms with E-state index in [-0.39, 0.29) is 0 Å². The minimum atomic E-state index is 0.547. The van der Waals surface area contributed by atoms with E-state index < -0.39 is 0 Å². The minimum Gasteiger partial charge on any atom is -0.456 e. The van der Waals surface area contributed by atoms with Crippen LogP contribution in [0, 0.1) is 17.9 Å². The monoisotopic (exact) mass is 625 g/mol. The summed E-state index contributed by atoms with van der Waals surface area (Å²) < 4.78 is 10.7. The van der Waals surface area contributed by atoms with Gasteiger partial charge < -0.3 is 8.98 Å². The summed E-state index contributed by atoms with van der Waals surface area (Å²) in [5.41, 5.74) is 10.6. The van der Waals surface area contributed by atoms with Gasteiger partial charge in [0, 0.05) is 49.9 Å². The summed E-state index contributed by atoms with van der Waals surface area (Å²) in [6.45, 7) is 8.01. The molecule has 226 valence electrons. The van der Waals surface area contributed by atoms with Crippen molar-refractivity contribution in [3.8, 4) is 28.6 Å². The van der Waals surface area contributed by atoms with E-state index in [1.807, 2.05) is 79.0 Å². The summed E-state index contributed by atoms with van der Waals surface area (Å²) in [7, 11) is 0. The van der Waals surface area contributed by atoms with Crippen LogP contribution in [0.25, 0.3) is 93.0 Å². The fourth-order valence-electron chi connectivity index (χ4n) is 7.51. The second-order valence-corrected chi connectivity index (χ2v) is 12.2. The predicted molar refractivity (Wildman–Crippen MR) is 197 cm³/mol. The number of hydrogen-bond acceptors (Lipinski definition) is 3. The largest absolute Gasteiger partial charge is 0.456 e. The number of benzene rings is 6. The summed E-state index contributed by atoms with van der Waals surface area (Å²) in [6, 6.07) is 47.2. The van der Waals surface area contributed by atoms with Crippen molar-refractivity contribution in [3.63, 3.8) is 0 Å².